The smallest absolute Gasteiger partial charge is 0.311 e. The van der Waals surface area contributed by atoms with Crippen molar-refractivity contribution in [2.24, 2.45) is 0 Å². The van der Waals surface area contributed by atoms with E-state index in [0.717, 1.165) is 5.56 Å². The van der Waals surface area contributed by atoms with Gasteiger partial charge in [0, 0.05) is 18.0 Å². The summed E-state index contributed by atoms with van der Waals surface area (Å²) in [5.41, 5.74) is 1.13. The Morgan fingerprint density at radius 2 is 2.23 bits per heavy atom. The molecule has 0 spiro atoms. The van der Waals surface area contributed by atoms with E-state index in [1.807, 2.05) is 0 Å². The average molecular weight is 179 g/mol. The number of carbonyl (C=O) groups excluding carboxylic acids is 1. The number of rotatable bonds is 3. The maximum Gasteiger partial charge on any atom is 0.311 e. The SMILES string of the molecule is Cc1ccncc1C(=O)CC(=O)O. The van der Waals surface area contributed by atoms with Gasteiger partial charge in [0.25, 0.3) is 0 Å². The minimum absolute atomic E-state index is 0.380. The molecule has 0 aromatic carbocycles. The summed E-state index contributed by atoms with van der Waals surface area (Å²) >= 11 is 0. The van der Waals surface area contributed by atoms with Gasteiger partial charge in [0.2, 0.25) is 0 Å². The summed E-state index contributed by atoms with van der Waals surface area (Å²) < 4.78 is 0. The molecule has 0 amide bonds. The van der Waals surface area contributed by atoms with E-state index in [1.54, 1.807) is 19.2 Å². The van der Waals surface area contributed by atoms with Gasteiger partial charge >= 0.3 is 5.97 Å². The largest absolute Gasteiger partial charge is 0.481 e. The molecule has 0 saturated carbocycles. The number of ketones is 1. The molecular weight excluding hydrogens is 170 g/mol. The molecule has 0 unspecified atom stereocenters. The van der Waals surface area contributed by atoms with Gasteiger partial charge in [-0.1, -0.05) is 0 Å². The molecule has 0 radical (unpaired) electrons. The van der Waals surface area contributed by atoms with E-state index >= 15 is 0 Å². The molecule has 1 N–H and O–H groups in total. The molecule has 0 aliphatic carbocycles. The van der Waals surface area contributed by atoms with Crippen LogP contribution in [0.1, 0.15) is 22.3 Å². The minimum atomic E-state index is -1.12. The lowest BCUT2D eigenvalue weighted by Crippen LogP contribution is -2.08. The zero-order valence-electron chi connectivity index (χ0n) is 7.15. The van der Waals surface area contributed by atoms with E-state index < -0.39 is 18.2 Å². The summed E-state index contributed by atoms with van der Waals surface area (Å²) in [7, 11) is 0. The van der Waals surface area contributed by atoms with Crippen LogP contribution in [0, 0.1) is 6.92 Å². The Morgan fingerprint density at radius 1 is 1.54 bits per heavy atom. The average Bonchev–Trinajstić information content (AvgIpc) is 2.03. The van der Waals surface area contributed by atoms with Crippen molar-refractivity contribution in [3.05, 3.63) is 29.6 Å². The molecule has 13 heavy (non-hydrogen) atoms. The quantitative estimate of drug-likeness (QED) is 0.556. The molecule has 1 rings (SSSR count). The zero-order chi connectivity index (χ0) is 9.84. The van der Waals surface area contributed by atoms with Crippen LogP contribution in [0.15, 0.2) is 18.5 Å². The van der Waals surface area contributed by atoms with Gasteiger partial charge in [-0.3, -0.25) is 14.6 Å². The van der Waals surface area contributed by atoms with E-state index in [9.17, 15) is 9.59 Å². The highest BCUT2D eigenvalue weighted by Crippen LogP contribution is 2.07. The first-order chi connectivity index (χ1) is 6.11. The monoisotopic (exact) mass is 179 g/mol. The van der Waals surface area contributed by atoms with Crippen molar-refractivity contribution < 1.29 is 14.7 Å². The molecule has 1 aromatic heterocycles. The number of hydrogen-bond donors (Lipinski definition) is 1. The first-order valence-electron chi connectivity index (χ1n) is 3.77. The normalized spacial score (nSPS) is 9.62. The number of Topliss-reactive ketones (excluding diaryl/α,β-unsaturated/α-hetero) is 1. The Hall–Kier alpha value is -1.71. The Labute approximate surface area is 75.2 Å². The second-order valence-electron chi connectivity index (χ2n) is 2.68. The third-order valence-corrected chi connectivity index (χ3v) is 1.65. The second-order valence-corrected chi connectivity index (χ2v) is 2.68. The van der Waals surface area contributed by atoms with Gasteiger partial charge in [-0.25, -0.2) is 0 Å². The molecule has 0 aliphatic heterocycles. The summed E-state index contributed by atoms with van der Waals surface area (Å²) in [6.07, 6.45) is 2.47. The van der Waals surface area contributed by atoms with E-state index in [4.69, 9.17) is 5.11 Å². The van der Waals surface area contributed by atoms with Crippen LogP contribution in [0.3, 0.4) is 0 Å². The van der Waals surface area contributed by atoms with Crippen molar-refractivity contribution in [3.8, 4) is 0 Å². The maximum absolute atomic E-state index is 11.3. The number of aryl methyl sites for hydroxylation is 1. The topological polar surface area (TPSA) is 67.3 Å². The lowest BCUT2D eigenvalue weighted by molar-refractivity contribution is -0.135. The summed E-state index contributed by atoms with van der Waals surface area (Å²) in [5, 5.41) is 8.39. The molecule has 1 aromatic rings. The Balaban J connectivity index is 2.89. The Bertz CT molecular complexity index is 346. The maximum atomic E-state index is 11.3. The predicted octanol–water partition coefficient (Wildman–Crippen LogP) is 1.05. The van der Waals surface area contributed by atoms with Gasteiger partial charge in [0.15, 0.2) is 5.78 Å². The van der Waals surface area contributed by atoms with E-state index in [2.05, 4.69) is 4.98 Å². The van der Waals surface area contributed by atoms with Crippen molar-refractivity contribution in [2.75, 3.05) is 0 Å². The number of pyridine rings is 1. The molecule has 0 aliphatic rings. The third-order valence-electron chi connectivity index (χ3n) is 1.65. The van der Waals surface area contributed by atoms with Crippen LogP contribution in [-0.4, -0.2) is 21.8 Å². The number of carbonyl (C=O) groups is 2. The van der Waals surface area contributed by atoms with Crippen LogP contribution in [0.4, 0.5) is 0 Å². The minimum Gasteiger partial charge on any atom is -0.481 e. The van der Waals surface area contributed by atoms with Crippen molar-refractivity contribution in [3.63, 3.8) is 0 Å². The highest BCUT2D eigenvalue weighted by Gasteiger charge is 2.12. The highest BCUT2D eigenvalue weighted by atomic mass is 16.4. The first-order valence-corrected chi connectivity index (χ1v) is 3.77. The molecular formula is C9H9NO3. The van der Waals surface area contributed by atoms with E-state index in [0.29, 0.717) is 5.56 Å². The van der Waals surface area contributed by atoms with Crippen molar-refractivity contribution in [1.82, 2.24) is 4.98 Å². The van der Waals surface area contributed by atoms with Gasteiger partial charge in [-0.15, -0.1) is 0 Å². The fraction of sp³-hybridized carbons (Fsp3) is 0.222. The Kier molecular flexibility index (Phi) is 2.74. The number of hydrogen-bond acceptors (Lipinski definition) is 3. The lowest BCUT2D eigenvalue weighted by Gasteiger charge is -2.00. The van der Waals surface area contributed by atoms with Crippen molar-refractivity contribution in [2.45, 2.75) is 13.3 Å². The molecule has 68 valence electrons. The van der Waals surface area contributed by atoms with Gasteiger partial charge in [0.05, 0.1) is 0 Å². The molecule has 0 fully saturated rings. The van der Waals surface area contributed by atoms with Crippen LogP contribution in [0.25, 0.3) is 0 Å². The standard InChI is InChI=1S/C9H9NO3/c1-6-2-3-10-5-7(6)8(11)4-9(12)13/h2-3,5H,4H2,1H3,(H,12,13). The summed E-state index contributed by atoms with van der Waals surface area (Å²) in [6.45, 7) is 1.75. The second kappa shape index (κ2) is 3.80. The number of aliphatic carboxylic acids is 1. The molecule has 0 atom stereocenters. The highest BCUT2D eigenvalue weighted by molar-refractivity contribution is 6.06. The third kappa shape index (κ3) is 2.37. The van der Waals surface area contributed by atoms with Crippen molar-refractivity contribution >= 4 is 11.8 Å². The fourth-order valence-electron chi connectivity index (χ4n) is 0.988. The molecule has 0 bridgehead atoms. The number of carboxylic acid groups (broad SMARTS) is 1. The lowest BCUT2D eigenvalue weighted by atomic mass is 10.1. The molecule has 4 nitrogen and oxygen atoms in total. The summed E-state index contributed by atoms with van der Waals surface area (Å²) in [6, 6.07) is 1.68. The van der Waals surface area contributed by atoms with Crippen LogP contribution in [0.5, 0.6) is 0 Å². The number of aromatic nitrogens is 1. The van der Waals surface area contributed by atoms with Crippen LogP contribution in [0.2, 0.25) is 0 Å². The van der Waals surface area contributed by atoms with E-state index in [-0.39, 0.29) is 0 Å². The van der Waals surface area contributed by atoms with Crippen LogP contribution < -0.4 is 0 Å². The van der Waals surface area contributed by atoms with Crippen LogP contribution >= 0.6 is 0 Å². The van der Waals surface area contributed by atoms with Crippen LogP contribution in [-0.2, 0) is 4.79 Å². The summed E-state index contributed by atoms with van der Waals surface area (Å²) in [4.78, 5) is 25.3. The molecule has 1 heterocycles. The molecule has 4 heteroatoms. The number of carboxylic acids is 1. The first kappa shape index (κ1) is 9.38. The Morgan fingerprint density at radius 3 is 2.77 bits per heavy atom. The van der Waals surface area contributed by atoms with E-state index in [1.165, 1.54) is 6.20 Å². The fourth-order valence-corrected chi connectivity index (χ4v) is 0.988. The predicted molar refractivity (Wildman–Crippen MR) is 45.6 cm³/mol. The van der Waals surface area contributed by atoms with Crippen molar-refractivity contribution in [1.29, 1.82) is 0 Å². The zero-order valence-corrected chi connectivity index (χ0v) is 7.15. The number of nitrogens with zero attached hydrogens (tertiary/aromatic N) is 1. The van der Waals surface area contributed by atoms with Gasteiger partial charge < -0.3 is 5.11 Å². The summed E-state index contributed by atoms with van der Waals surface area (Å²) in [5.74, 6) is -1.52. The van der Waals surface area contributed by atoms with Gasteiger partial charge in [0.1, 0.15) is 6.42 Å². The van der Waals surface area contributed by atoms with Gasteiger partial charge in [-0.2, -0.15) is 0 Å². The van der Waals surface area contributed by atoms with Gasteiger partial charge in [-0.05, 0) is 18.6 Å². The molecule has 0 saturated heterocycles.